The van der Waals surface area contributed by atoms with Gasteiger partial charge in [0, 0.05) is 5.92 Å². The van der Waals surface area contributed by atoms with Gasteiger partial charge in [0.2, 0.25) is 5.91 Å². The number of halogens is 2. The molecule has 2 aliphatic rings. The first-order valence-electron chi connectivity index (χ1n) is 7.10. The number of allylic oxidation sites excluding steroid dienone is 2. The van der Waals surface area contributed by atoms with Gasteiger partial charge in [-0.1, -0.05) is 47.8 Å². The van der Waals surface area contributed by atoms with Gasteiger partial charge in [-0.15, -0.1) is 0 Å². The molecule has 4 heteroatoms. The predicted molar refractivity (Wildman–Crippen MR) is 83.2 cm³/mol. The van der Waals surface area contributed by atoms with Gasteiger partial charge in [-0.25, -0.2) is 0 Å². The number of carbonyl (C=O) groups excluding carboxylic acids is 1. The van der Waals surface area contributed by atoms with E-state index in [0.717, 1.165) is 12.8 Å². The second kappa shape index (κ2) is 5.79. The van der Waals surface area contributed by atoms with E-state index >= 15 is 0 Å². The van der Waals surface area contributed by atoms with Crippen LogP contribution in [0.5, 0.6) is 0 Å². The number of amides is 1. The van der Waals surface area contributed by atoms with Gasteiger partial charge in [-0.05, 0) is 43.2 Å². The van der Waals surface area contributed by atoms with Crippen LogP contribution in [0.3, 0.4) is 0 Å². The van der Waals surface area contributed by atoms with Crippen molar-refractivity contribution in [1.29, 1.82) is 0 Å². The fraction of sp³-hybridized carbons (Fsp3) is 0.438. The summed E-state index contributed by atoms with van der Waals surface area (Å²) in [7, 11) is 0. The van der Waals surface area contributed by atoms with Gasteiger partial charge in [0.15, 0.2) is 0 Å². The highest BCUT2D eigenvalue weighted by Gasteiger charge is 2.52. The van der Waals surface area contributed by atoms with E-state index in [0.29, 0.717) is 27.6 Å². The van der Waals surface area contributed by atoms with Gasteiger partial charge < -0.3 is 5.32 Å². The van der Waals surface area contributed by atoms with Gasteiger partial charge >= 0.3 is 0 Å². The van der Waals surface area contributed by atoms with Gasteiger partial charge in [-0.2, -0.15) is 0 Å². The van der Waals surface area contributed by atoms with E-state index < -0.39 is 0 Å². The number of hydrogen-bond donors (Lipinski definition) is 1. The molecule has 0 aliphatic heterocycles. The van der Waals surface area contributed by atoms with Crippen LogP contribution in [-0.2, 0) is 4.79 Å². The second-order valence-electron chi connectivity index (χ2n) is 5.57. The Kier molecular flexibility index (Phi) is 4.04. The molecule has 1 amide bonds. The molecule has 2 nitrogen and oxygen atoms in total. The van der Waals surface area contributed by atoms with Crippen LogP contribution in [-0.4, -0.2) is 5.91 Å². The van der Waals surface area contributed by atoms with Crippen LogP contribution in [0, 0.1) is 17.8 Å². The molecular weight excluding hydrogens is 293 g/mol. The van der Waals surface area contributed by atoms with Crippen molar-refractivity contribution in [1.82, 2.24) is 0 Å². The molecule has 0 aromatic heterocycles. The number of para-hydroxylation sites is 1. The molecular formula is C16H17Cl2NO. The summed E-state index contributed by atoms with van der Waals surface area (Å²) >= 11 is 12.2. The fourth-order valence-corrected chi connectivity index (χ4v) is 3.62. The quantitative estimate of drug-likeness (QED) is 0.771. The van der Waals surface area contributed by atoms with Crippen molar-refractivity contribution in [3.05, 3.63) is 40.4 Å². The van der Waals surface area contributed by atoms with Gasteiger partial charge in [0.1, 0.15) is 0 Å². The predicted octanol–water partition coefficient (Wildman–Crippen LogP) is 4.92. The summed E-state index contributed by atoms with van der Waals surface area (Å²) in [6.45, 7) is 0. The van der Waals surface area contributed by atoms with Crippen molar-refractivity contribution in [3.63, 3.8) is 0 Å². The number of fused-ring (bicyclic) bond motifs is 1. The summed E-state index contributed by atoms with van der Waals surface area (Å²) < 4.78 is 0. The van der Waals surface area contributed by atoms with E-state index in [4.69, 9.17) is 23.2 Å². The van der Waals surface area contributed by atoms with E-state index in [2.05, 4.69) is 17.5 Å². The Hall–Kier alpha value is -0.990. The Balaban J connectivity index is 1.72. The van der Waals surface area contributed by atoms with Crippen LogP contribution in [0.1, 0.15) is 25.7 Å². The van der Waals surface area contributed by atoms with Crippen molar-refractivity contribution in [2.45, 2.75) is 25.7 Å². The van der Waals surface area contributed by atoms with Gasteiger partial charge in [0.05, 0.1) is 15.7 Å². The number of nitrogens with one attached hydrogen (secondary N) is 1. The van der Waals surface area contributed by atoms with Gasteiger partial charge in [0.25, 0.3) is 0 Å². The summed E-state index contributed by atoms with van der Waals surface area (Å²) in [5, 5.41) is 3.87. The van der Waals surface area contributed by atoms with Crippen LogP contribution in [0.2, 0.25) is 10.0 Å². The zero-order valence-corrected chi connectivity index (χ0v) is 12.6. The van der Waals surface area contributed by atoms with Crippen LogP contribution in [0.25, 0.3) is 0 Å². The lowest BCUT2D eigenvalue weighted by atomic mass is 10.1. The average molecular weight is 310 g/mol. The minimum absolute atomic E-state index is 0.0431. The number of rotatable bonds is 2. The third-order valence-electron chi connectivity index (χ3n) is 4.26. The van der Waals surface area contributed by atoms with Crippen molar-refractivity contribution in [2.75, 3.05) is 5.32 Å². The number of carbonyl (C=O) groups is 1. The lowest BCUT2D eigenvalue weighted by molar-refractivity contribution is -0.117. The molecule has 3 rings (SSSR count). The molecule has 1 aromatic rings. The molecule has 0 spiro atoms. The van der Waals surface area contributed by atoms with E-state index in [9.17, 15) is 4.79 Å². The van der Waals surface area contributed by atoms with E-state index in [-0.39, 0.29) is 11.8 Å². The number of benzene rings is 1. The Morgan fingerprint density at radius 1 is 1.20 bits per heavy atom. The normalized spacial score (nSPS) is 29.8. The maximum atomic E-state index is 12.4. The lowest BCUT2D eigenvalue weighted by Crippen LogP contribution is -2.16. The maximum absolute atomic E-state index is 12.4. The van der Waals surface area contributed by atoms with E-state index in [1.165, 1.54) is 12.8 Å². The minimum Gasteiger partial charge on any atom is -0.323 e. The third-order valence-corrected chi connectivity index (χ3v) is 4.89. The van der Waals surface area contributed by atoms with Crippen LogP contribution in [0.15, 0.2) is 30.4 Å². The first kappa shape index (κ1) is 14.0. The average Bonchev–Trinajstić information content (AvgIpc) is 3.05. The molecule has 106 valence electrons. The second-order valence-corrected chi connectivity index (χ2v) is 6.38. The lowest BCUT2D eigenvalue weighted by Gasteiger charge is -2.08. The SMILES string of the molecule is O=C(Nc1c(Cl)cccc1Cl)[C@H]1[C@H]2/C=C\CCCC[C@@H]21. The number of hydrogen-bond acceptors (Lipinski definition) is 1. The highest BCUT2D eigenvalue weighted by Crippen LogP contribution is 2.52. The maximum Gasteiger partial charge on any atom is 0.228 e. The summed E-state index contributed by atoms with van der Waals surface area (Å²) in [5.74, 6) is 1.02. The van der Waals surface area contributed by atoms with Crippen molar-refractivity contribution in [2.24, 2.45) is 17.8 Å². The Morgan fingerprint density at radius 3 is 2.70 bits per heavy atom. The third kappa shape index (κ3) is 2.72. The van der Waals surface area contributed by atoms with Crippen molar-refractivity contribution >= 4 is 34.8 Å². The zero-order valence-electron chi connectivity index (χ0n) is 11.1. The monoisotopic (exact) mass is 309 g/mol. The molecule has 2 aliphatic carbocycles. The van der Waals surface area contributed by atoms with Crippen LogP contribution >= 0.6 is 23.2 Å². The van der Waals surface area contributed by atoms with Crippen LogP contribution < -0.4 is 5.32 Å². The standard InChI is InChI=1S/C16H17Cl2NO/c17-12-8-5-9-13(18)15(12)19-16(20)14-10-6-3-1-2-4-7-11(10)14/h3,5-6,8-11,14H,1-2,4,7H2,(H,19,20)/b6-3-/t10-,11-,14-/m0/s1. The van der Waals surface area contributed by atoms with Crippen molar-refractivity contribution in [3.8, 4) is 0 Å². The van der Waals surface area contributed by atoms with Crippen molar-refractivity contribution < 1.29 is 4.79 Å². The molecule has 20 heavy (non-hydrogen) atoms. The highest BCUT2D eigenvalue weighted by molar-refractivity contribution is 6.39. The highest BCUT2D eigenvalue weighted by atomic mass is 35.5. The molecule has 1 saturated carbocycles. The molecule has 3 atom stereocenters. The molecule has 1 fully saturated rings. The molecule has 1 N–H and O–H groups in total. The molecule has 0 radical (unpaired) electrons. The summed E-state index contributed by atoms with van der Waals surface area (Å²) in [6, 6.07) is 5.24. The topological polar surface area (TPSA) is 29.1 Å². The first-order chi connectivity index (χ1) is 9.68. The summed E-state index contributed by atoms with van der Waals surface area (Å²) in [6.07, 6.45) is 9.14. The summed E-state index contributed by atoms with van der Waals surface area (Å²) in [4.78, 5) is 12.4. The largest absolute Gasteiger partial charge is 0.323 e. The molecule has 1 aromatic carbocycles. The van der Waals surface area contributed by atoms with Gasteiger partial charge in [-0.3, -0.25) is 4.79 Å². The molecule has 0 unspecified atom stereocenters. The molecule has 0 saturated heterocycles. The summed E-state index contributed by atoms with van der Waals surface area (Å²) in [5.41, 5.74) is 0.532. The molecule has 0 heterocycles. The molecule has 0 bridgehead atoms. The van der Waals surface area contributed by atoms with E-state index in [1.807, 2.05) is 0 Å². The number of anilines is 1. The Morgan fingerprint density at radius 2 is 1.95 bits per heavy atom. The minimum atomic E-state index is 0.0431. The van der Waals surface area contributed by atoms with E-state index in [1.54, 1.807) is 18.2 Å². The fourth-order valence-electron chi connectivity index (χ4n) is 3.12. The Bertz CT molecular complexity index is 535. The first-order valence-corrected chi connectivity index (χ1v) is 7.85. The zero-order chi connectivity index (χ0) is 14.1. The Labute approximate surface area is 129 Å². The van der Waals surface area contributed by atoms with Crippen LogP contribution in [0.4, 0.5) is 5.69 Å². The smallest absolute Gasteiger partial charge is 0.228 e.